The fraction of sp³-hybridized carbons (Fsp3) is 0.444. The van der Waals surface area contributed by atoms with Gasteiger partial charge in [-0.15, -0.1) is 11.3 Å². The molecule has 0 bridgehead atoms. The zero-order valence-electron chi connectivity index (χ0n) is 15.7. The van der Waals surface area contributed by atoms with E-state index in [1.54, 1.807) is 21.8 Å². The maximum Gasteiger partial charge on any atom is 0.341 e. The molecular weight excluding hydrogens is 368 g/mol. The molecule has 3 rings (SSSR count). The van der Waals surface area contributed by atoms with E-state index >= 15 is 0 Å². The van der Waals surface area contributed by atoms with Gasteiger partial charge in [-0.2, -0.15) is 5.10 Å². The van der Waals surface area contributed by atoms with Gasteiger partial charge in [0.1, 0.15) is 5.00 Å². The summed E-state index contributed by atoms with van der Waals surface area (Å²) in [5.41, 5.74) is 1.49. The topological polar surface area (TPSA) is 93.5 Å². The summed E-state index contributed by atoms with van der Waals surface area (Å²) in [6, 6.07) is 1.78. The third-order valence-corrected chi connectivity index (χ3v) is 5.62. The molecule has 1 aliphatic heterocycles. The van der Waals surface area contributed by atoms with Crippen LogP contribution in [0.15, 0.2) is 12.3 Å². The highest BCUT2D eigenvalue weighted by Gasteiger charge is 2.30. The maximum atomic E-state index is 12.6. The van der Waals surface area contributed by atoms with Gasteiger partial charge >= 0.3 is 5.97 Å². The van der Waals surface area contributed by atoms with Crippen molar-refractivity contribution in [2.24, 2.45) is 0 Å². The number of carbonyl (C=O) groups is 3. The minimum Gasteiger partial charge on any atom is -0.465 e. The first-order valence-electron chi connectivity index (χ1n) is 8.66. The zero-order chi connectivity index (χ0) is 19.7. The van der Waals surface area contributed by atoms with Gasteiger partial charge in [0, 0.05) is 30.6 Å². The van der Waals surface area contributed by atoms with E-state index < -0.39 is 5.97 Å². The van der Waals surface area contributed by atoms with Crippen LogP contribution in [0.25, 0.3) is 0 Å². The van der Waals surface area contributed by atoms with Gasteiger partial charge in [-0.1, -0.05) is 0 Å². The summed E-state index contributed by atoms with van der Waals surface area (Å²) in [5, 5.41) is 7.48. The van der Waals surface area contributed by atoms with E-state index in [0.717, 1.165) is 10.4 Å². The van der Waals surface area contributed by atoms with Crippen LogP contribution < -0.4 is 5.32 Å². The lowest BCUT2D eigenvalue weighted by molar-refractivity contribution is -0.129. The first-order chi connectivity index (χ1) is 12.8. The Bertz CT molecular complexity index is 899. The first kappa shape index (κ1) is 19.1. The van der Waals surface area contributed by atoms with Crippen LogP contribution in [0, 0.1) is 0 Å². The Hall–Kier alpha value is -2.68. The number of carbonyl (C=O) groups excluding carboxylic acids is 3. The molecule has 0 aliphatic carbocycles. The second kappa shape index (κ2) is 7.51. The molecule has 27 heavy (non-hydrogen) atoms. The summed E-state index contributed by atoms with van der Waals surface area (Å²) >= 11 is 1.30. The van der Waals surface area contributed by atoms with E-state index in [1.165, 1.54) is 25.4 Å². The monoisotopic (exact) mass is 390 g/mol. The number of ether oxygens (including phenoxy) is 1. The van der Waals surface area contributed by atoms with Crippen molar-refractivity contribution in [1.82, 2.24) is 14.7 Å². The molecular formula is C18H22N4O4S. The van der Waals surface area contributed by atoms with Crippen molar-refractivity contribution in [3.05, 3.63) is 34.0 Å². The van der Waals surface area contributed by atoms with Crippen LogP contribution in [-0.4, -0.2) is 46.1 Å². The van der Waals surface area contributed by atoms with E-state index in [-0.39, 0.29) is 23.6 Å². The molecule has 2 aromatic rings. The Labute approximate surface area is 161 Å². The van der Waals surface area contributed by atoms with Crippen molar-refractivity contribution < 1.29 is 19.1 Å². The lowest BCUT2D eigenvalue weighted by atomic mass is 10.0. The van der Waals surface area contributed by atoms with Crippen LogP contribution in [-0.2, 0) is 22.5 Å². The van der Waals surface area contributed by atoms with Crippen molar-refractivity contribution >= 4 is 34.1 Å². The normalized spacial score (nSPS) is 13.4. The van der Waals surface area contributed by atoms with E-state index in [4.69, 9.17) is 4.74 Å². The van der Waals surface area contributed by atoms with Crippen LogP contribution in [0.4, 0.5) is 5.00 Å². The number of thiophene rings is 1. The lowest BCUT2D eigenvalue weighted by Gasteiger charge is -2.25. The van der Waals surface area contributed by atoms with Crippen molar-refractivity contribution in [3.63, 3.8) is 0 Å². The second-order valence-corrected chi connectivity index (χ2v) is 7.72. The van der Waals surface area contributed by atoms with Gasteiger partial charge in [-0.25, -0.2) is 4.79 Å². The highest BCUT2D eigenvalue weighted by atomic mass is 32.1. The second-order valence-electron chi connectivity index (χ2n) is 6.62. The highest BCUT2D eigenvalue weighted by molar-refractivity contribution is 7.17. The van der Waals surface area contributed by atoms with Crippen LogP contribution in [0.5, 0.6) is 0 Å². The predicted molar refractivity (Wildman–Crippen MR) is 101 cm³/mol. The number of hydrogen-bond donors (Lipinski definition) is 1. The summed E-state index contributed by atoms with van der Waals surface area (Å²) in [6.07, 6.45) is 2.29. The first-order valence-corrected chi connectivity index (χ1v) is 9.48. The Balaban J connectivity index is 1.91. The molecule has 0 saturated carbocycles. The van der Waals surface area contributed by atoms with E-state index in [9.17, 15) is 14.4 Å². The molecule has 2 aromatic heterocycles. The molecule has 8 nitrogen and oxygen atoms in total. The molecule has 9 heteroatoms. The highest BCUT2D eigenvalue weighted by Crippen LogP contribution is 2.37. The molecule has 0 unspecified atom stereocenters. The number of esters is 1. The minimum atomic E-state index is -0.494. The zero-order valence-corrected chi connectivity index (χ0v) is 16.6. The Kier molecular flexibility index (Phi) is 5.31. The van der Waals surface area contributed by atoms with Crippen molar-refractivity contribution in [1.29, 1.82) is 0 Å². The van der Waals surface area contributed by atoms with Gasteiger partial charge in [0.05, 0.1) is 19.2 Å². The number of fused-ring (bicyclic) bond motifs is 1. The molecule has 0 radical (unpaired) electrons. The van der Waals surface area contributed by atoms with Crippen LogP contribution in [0.3, 0.4) is 0 Å². The van der Waals surface area contributed by atoms with Crippen molar-refractivity contribution in [2.75, 3.05) is 19.0 Å². The molecule has 1 N–H and O–H groups in total. The third kappa shape index (κ3) is 3.73. The molecule has 1 aliphatic rings. The minimum absolute atomic E-state index is 0.0153. The largest absolute Gasteiger partial charge is 0.465 e. The van der Waals surface area contributed by atoms with E-state index in [0.29, 0.717) is 30.1 Å². The smallest absolute Gasteiger partial charge is 0.341 e. The lowest BCUT2D eigenvalue weighted by Crippen LogP contribution is -2.33. The molecule has 144 valence electrons. The van der Waals surface area contributed by atoms with E-state index in [2.05, 4.69) is 10.4 Å². The van der Waals surface area contributed by atoms with Crippen molar-refractivity contribution in [3.8, 4) is 0 Å². The number of anilines is 1. The fourth-order valence-electron chi connectivity index (χ4n) is 2.99. The SMILES string of the molecule is COC(=O)c1c(NC(=O)c2ccn(C(C)C)n2)sc2c1CCN(C(C)=O)C2. The van der Waals surface area contributed by atoms with Crippen LogP contribution >= 0.6 is 11.3 Å². The molecule has 2 amide bonds. The molecule has 3 heterocycles. The predicted octanol–water partition coefficient (Wildman–Crippen LogP) is 2.47. The summed E-state index contributed by atoms with van der Waals surface area (Å²) in [5.74, 6) is -0.896. The summed E-state index contributed by atoms with van der Waals surface area (Å²) in [6.45, 7) is 6.43. The van der Waals surface area contributed by atoms with Crippen LogP contribution in [0.1, 0.15) is 58.1 Å². The quantitative estimate of drug-likeness (QED) is 0.810. The standard InChI is InChI=1S/C18H22N4O4S/c1-10(2)22-8-6-13(20-22)16(24)19-17-15(18(25)26-4)12-5-7-21(11(3)23)9-14(12)27-17/h6,8,10H,5,7,9H2,1-4H3,(H,19,24). The summed E-state index contributed by atoms with van der Waals surface area (Å²) in [7, 11) is 1.31. The number of nitrogens with zero attached hydrogens (tertiary/aromatic N) is 3. The van der Waals surface area contributed by atoms with Crippen molar-refractivity contribution in [2.45, 2.75) is 39.8 Å². The molecule has 0 fully saturated rings. The Morgan fingerprint density at radius 2 is 2.07 bits per heavy atom. The van der Waals surface area contributed by atoms with Gasteiger partial charge in [0.25, 0.3) is 5.91 Å². The summed E-state index contributed by atoms with van der Waals surface area (Å²) < 4.78 is 6.61. The Morgan fingerprint density at radius 1 is 1.33 bits per heavy atom. The number of methoxy groups -OCH3 is 1. The molecule has 0 atom stereocenters. The molecule has 0 saturated heterocycles. The number of amides is 2. The van der Waals surface area contributed by atoms with Gasteiger partial charge in [-0.05, 0) is 31.9 Å². The van der Waals surface area contributed by atoms with Gasteiger partial charge in [0.15, 0.2) is 5.69 Å². The average molecular weight is 390 g/mol. The number of rotatable bonds is 4. The van der Waals surface area contributed by atoms with E-state index in [1.807, 2.05) is 13.8 Å². The fourth-order valence-corrected chi connectivity index (χ4v) is 4.24. The number of nitrogens with one attached hydrogen (secondary N) is 1. The molecule has 0 aromatic carbocycles. The maximum absolute atomic E-state index is 12.6. The summed E-state index contributed by atoms with van der Waals surface area (Å²) in [4.78, 5) is 39.2. The third-order valence-electron chi connectivity index (χ3n) is 4.49. The van der Waals surface area contributed by atoms with Gasteiger partial charge in [-0.3, -0.25) is 14.3 Å². The van der Waals surface area contributed by atoms with Gasteiger partial charge in [0.2, 0.25) is 5.91 Å². The average Bonchev–Trinajstić information content (AvgIpc) is 3.25. The van der Waals surface area contributed by atoms with Crippen LogP contribution in [0.2, 0.25) is 0 Å². The molecule has 0 spiro atoms. The number of hydrogen-bond acceptors (Lipinski definition) is 6. The number of aromatic nitrogens is 2. The van der Waals surface area contributed by atoms with Gasteiger partial charge < -0.3 is 15.0 Å². The Morgan fingerprint density at radius 3 is 2.67 bits per heavy atom.